The van der Waals surface area contributed by atoms with Gasteiger partial charge in [0.05, 0.1) is 5.69 Å². The highest BCUT2D eigenvalue weighted by Crippen LogP contribution is 2.32. The summed E-state index contributed by atoms with van der Waals surface area (Å²) in [6.07, 6.45) is 2.40. The summed E-state index contributed by atoms with van der Waals surface area (Å²) in [6, 6.07) is 18.4. The lowest BCUT2D eigenvalue weighted by molar-refractivity contribution is -0.122. The number of amides is 4. The summed E-state index contributed by atoms with van der Waals surface area (Å²) in [5, 5.41) is 3.04. The molecule has 2 heterocycles. The number of halogens is 1. The summed E-state index contributed by atoms with van der Waals surface area (Å²) in [5.41, 5.74) is 6.24. The topological polar surface area (TPSA) is 69.7 Å². The molecule has 1 saturated heterocycles. The monoisotopic (exact) mass is 485 g/mol. The zero-order chi connectivity index (χ0) is 24.7. The lowest BCUT2D eigenvalue weighted by Crippen LogP contribution is -2.54. The summed E-state index contributed by atoms with van der Waals surface area (Å²) in [6.45, 7) is 5.35. The molecule has 0 unspecified atom stereocenters. The Balaban J connectivity index is 1.43. The Kier molecular flexibility index (Phi) is 5.91. The summed E-state index contributed by atoms with van der Waals surface area (Å²) >= 11 is 6.34. The first-order valence-electron chi connectivity index (χ1n) is 11.4. The van der Waals surface area contributed by atoms with Gasteiger partial charge in [-0.15, -0.1) is 0 Å². The molecule has 0 aliphatic carbocycles. The van der Waals surface area contributed by atoms with Crippen molar-refractivity contribution in [2.45, 2.75) is 26.8 Å². The molecule has 2 aliphatic rings. The number of hydrogen-bond donors (Lipinski definition) is 1. The molecule has 0 aromatic heterocycles. The number of imide groups is 2. The SMILES string of the molecule is Cc1cc(C)cc(N2C(=O)NC(=O)C(=Cc3ccc4c(c3)CCN4Cc3ccccc3Cl)C2=O)c1. The summed E-state index contributed by atoms with van der Waals surface area (Å²) in [7, 11) is 0. The molecule has 0 atom stereocenters. The smallest absolute Gasteiger partial charge is 0.335 e. The maximum Gasteiger partial charge on any atom is 0.335 e. The minimum absolute atomic E-state index is 0.0744. The Hall–Kier alpha value is -3.90. The van der Waals surface area contributed by atoms with Crippen LogP contribution in [0.4, 0.5) is 16.2 Å². The number of fused-ring (bicyclic) bond motifs is 1. The Labute approximate surface area is 208 Å². The number of carbonyl (C=O) groups excluding carboxylic acids is 3. The molecule has 35 heavy (non-hydrogen) atoms. The Morgan fingerprint density at radius 2 is 1.71 bits per heavy atom. The maximum atomic E-state index is 13.2. The van der Waals surface area contributed by atoms with E-state index >= 15 is 0 Å². The van der Waals surface area contributed by atoms with Gasteiger partial charge in [-0.1, -0.05) is 41.9 Å². The second-order valence-electron chi connectivity index (χ2n) is 8.95. The third-order valence-electron chi connectivity index (χ3n) is 6.29. The lowest BCUT2D eigenvalue weighted by Gasteiger charge is -2.27. The third-order valence-corrected chi connectivity index (χ3v) is 6.66. The van der Waals surface area contributed by atoms with Crippen molar-refractivity contribution < 1.29 is 14.4 Å². The zero-order valence-corrected chi connectivity index (χ0v) is 20.2. The van der Waals surface area contributed by atoms with Crippen molar-refractivity contribution in [3.05, 3.63) is 99.1 Å². The van der Waals surface area contributed by atoms with Crippen LogP contribution in [-0.2, 0) is 22.6 Å². The quantitative estimate of drug-likeness (QED) is 0.408. The number of urea groups is 1. The van der Waals surface area contributed by atoms with E-state index in [2.05, 4.69) is 10.2 Å². The van der Waals surface area contributed by atoms with Crippen LogP contribution in [0.15, 0.2) is 66.2 Å². The fourth-order valence-electron chi connectivity index (χ4n) is 4.71. The molecule has 6 nitrogen and oxygen atoms in total. The van der Waals surface area contributed by atoms with E-state index in [0.29, 0.717) is 12.2 Å². The molecule has 1 N–H and O–H groups in total. The summed E-state index contributed by atoms with van der Waals surface area (Å²) in [5.74, 6) is -1.33. The molecule has 0 radical (unpaired) electrons. The van der Waals surface area contributed by atoms with E-state index in [0.717, 1.165) is 56.4 Å². The van der Waals surface area contributed by atoms with Gasteiger partial charge in [-0.3, -0.25) is 14.9 Å². The van der Waals surface area contributed by atoms with Gasteiger partial charge in [0.1, 0.15) is 5.57 Å². The van der Waals surface area contributed by atoms with Gasteiger partial charge in [0.15, 0.2) is 0 Å². The average Bonchev–Trinajstić information content (AvgIpc) is 3.19. The predicted molar refractivity (Wildman–Crippen MR) is 138 cm³/mol. The normalized spacial score (nSPS) is 16.7. The van der Waals surface area contributed by atoms with Gasteiger partial charge < -0.3 is 4.90 Å². The molecule has 0 saturated carbocycles. The molecule has 3 aromatic rings. The van der Waals surface area contributed by atoms with Crippen LogP contribution in [0, 0.1) is 13.8 Å². The molecular formula is C28H24ClN3O3. The molecule has 5 rings (SSSR count). The average molecular weight is 486 g/mol. The van der Waals surface area contributed by atoms with Gasteiger partial charge in [-0.05, 0) is 84.5 Å². The number of nitrogens with one attached hydrogen (secondary N) is 1. The highest BCUT2D eigenvalue weighted by molar-refractivity contribution is 6.39. The highest BCUT2D eigenvalue weighted by atomic mass is 35.5. The fourth-order valence-corrected chi connectivity index (χ4v) is 4.91. The van der Waals surface area contributed by atoms with Crippen molar-refractivity contribution in [2.75, 3.05) is 16.3 Å². The van der Waals surface area contributed by atoms with E-state index in [1.807, 2.05) is 62.4 Å². The second-order valence-corrected chi connectivity index (χ2v) is 9.36. The number of rotatable bonds is 4. The molecule has 2 aliphatic heterocycles. The van der Waals surface area contributed by atoms with Crippen LogP contribution < -0.4 is 15.1 Å². The number of benzene rings is 3. The van der Waals surface area contributed by atoms with Gasteiger partial charge in [-0.25, -0.2) is 9.69 Å². The fraction of sp³-hybridized carbons (Fsp3) is 0.179. The minimum atomic E-state index is -0.744. The summed E-state index contributed by atoms with van der Waals surface area (Å²) < 4.78 is 0. The predicted octanol–water partition coefficient (Wildman–Crippen LogP) is 5.19. The van der Waals surface area contributed by atoms with Crippen LogP contribution in [0.5, 0.6) is 0 Å². The molecule has 4 amide bonds. The van der Waals surface area contributed by atoms with Gasteiger partial charge in [0.2, 0.25) is 0 Å². The first-order chi connectivity index (χ1) is 16.8. The van der Waals surface area contributed by atoms with E-state index in [9.17, 15) is 14.4 Å². The Bertz CT molecular complexity index is 1390. The zero-order valence-electron chi connectivity index (χ0n) is 19.5. The Morgan fingerprint density at radius 1 is 0.971 bits per heavy atom. The van der Waals surface area contributed by atoms with Crippen molar-refractivity contribution in [2.24, 2.45) is 0 Å². The van der Waals surface area contributed by atoms with Gasteiger partial charge in [0.25, 0.3) is 11.8 Å². The maximum absolute atomic E-state index is 13.2. The minimum Gasteiger partial charge on any atom is -0.367 e. The largest absolute Gasteiger partial charge is 0.367 e. The number of hydrogen-bond acceptors (Lipinski definition) is 4. The van der Waals surface area contributed by atoms with Gasteiger partial charge in [-0.2, -0.15) is 0 Å². The van der Waals surface area contributed by atoms with Crippen LogP contribution >= 0.6 is 11.6 Å². The molecule has 0 bridgehead atoms. The van der Waals surface area contributed by atoms with Crippen LogP contribution in [0.25, 0.3) is 6.08 Å². The van der Waals surface area contributed by atoms with Crippen molar-refractivity contribution in [1.29, 1.82) is 0 Å². The molecule has 176 valence electrons. The second kappa shape index (κ2) is 9.04. The van der Waals surface area contributed by atoms with E-state index in [-0.39, 0.29) is 5.57 Å². The molecule has 0 spiro atoms. The van der Waals surface area contributed by atoms with Crippen LogP contribution in [0.2, 0.25) is 5.02 Å². The van der Waals surface area contributed by atoms with Crippen LogP contribution in [-0.4, -0.2) is 24.4 Å². The highest BCUT2D eigenvalue weighted by Gasteiger charge is 2.37. The van der Waals surface area contributed by atoms with E-state index in [1.165, 1.54) is 0 Å². The number of aryl methyl sites for hydroxylation is 2. The first-order valence-corrected chi connectivity index (χ1v) is 11.8. The van der Waals surface area contributed by atoms with Crippen molar-refractivity contribution in [1.82, 2.24) is 5.32 Å². The van der Waals surface area contributed by atoms with E-state index in [1.54, 1.807) is 18.2 Å². The molecule has 3 aromatic carbocycles. The standard InChI is InChI=1S/C28H24ClN3O3/c1-17-11-18(2)13-22(12-17)32-27(34)23(26(33)30-28(32)35)15-19-7-8-25-20(14-19)9-10-31(25)16-21-5-3-4-6-24(21)29/h3-8,11-15H,9-10,16H2,1-2H3,(H,30,33,35). The number of anilines is 2. The van der Waals surface area contributed by atoms with Crippen molar-refractivity contribution in [3.63, 3.8) is 0 Å². The molecule has 1 fully saturated rings. The van der Waals surface area contributed by atoms with Gasteiger partial charge >= 0.3 is 6.03 Å². The lowest BCUT2D eigenvalue weighted by atomic mass is 10.0. The van der Waals surface area contributed by atoms with Crippen LogP contribution in [0.1, 0.15) is 27.8 Å². The summed E-state index contributed by atoms with van der Waals surface area (Å²) in [4.78, 5) is 41.7. The third kappa shape index (κ3) is 4.45. The molecular weight excluding hydrogens is 462 g/mol. The number of nitrogens with zero attached hydrogens (tertiary/aromatic N) is 2. The number of carbonyl (C=O) groups is 3. The van der Waals surface area contributed by atoms with E-state index in [4.69, 9.17) is 11.6 Å². The van der Waals surface area contributed by atoms with E-state index < -0.39 is 17.8 Å². The van der Waals surface area contributed by atoms with Crippen LogP contribution in [0.3, 0.4) is 0 Å². The molecule has 7 heteroatoms. The first kappa shape index (κ1) is 22.9. The Morgan fingerprint density at radius 3 is 2.46 bits per heavy atom. The number of barbiturate groups is 1. The van der Waals surface area contributed by atoms with Crippen molar-refractivity contribution in [3.8, 4) is 0 Å². The van der Waals surface area contributed by atoms with Crippen molar-refractivity contribution >= 4 is 46.9 Å². The van der Waals surface area contributed by atoms with Gasteiger partial charge in [0, 0.05) is 23.8 Å².